The van der Waals surface area contributed by atoms with E-state index in [-0.39, 0.29) is 5.91 Å². The second-order valence-corrected chi connectivity index (χ2v) is 5.88. The van der Waals surface area contributed by atoms with Crippen molar-refractivity contribution in [3.8, 4) is 0 Å². The minimum atomic E-state index is -0.176. The van der Waals surface area contributed by atoms with Crippen LogP contribution >= 0.6 is 0 Å². The van der Waals surface area contributed by atoms with Gasteiger partial charge in [-0.3, -0.25) is 4.79 Å². The first-order valence-electron chi connectivity index (χ1n) is 8.18. The first-order valence-corrected chi connectivity index (χ1v) is 8.18. The van der Waals surface area contributed by atoms with Crippen molar-refractivity contribution < 1.29 is 9.32 Å². The molecule has 0 atom stereocenters. The third-order valence-corrected chi connectivity index (χ3v) is 4.09. The fourth-order valence-corrected chi connectivity index (χ4v) is 2.85. The molecule has 1 aliphatic rings. The minimum absolute atomic E-state index is 0.176. The molecular formula is C16H22N6O2. The zero-order chi connectivity index (χ0) is 16.9. The molecule has 1 saturated heterocycles. The average Bonchev–Trinajstić information content (AvgIpc) is 3.22. The Hall–Kier alpha value is -2.64. The highest BCUT2D eigenvalue weighted by atomic mass is 16.5. The van der Waals surface area contributed by atoms with Crippen molar-refractivity contribution in [2.24, 2.45) is 0 Å². The summed E-state index contributed by atoms with van der Waals surface area (Å²) in [5.41, 5.74) is 2.19. The van der Waals surface area contributed by atoms with Crippen LogP contribution in [0.25, 0.3) is 0 Å². The van der Waals surface area contributed by atoms with Gasteiger partial charge in [0.2, 0.25) is 0 Å². The summed E-state index contributed by atoms with van der Waals surface area (Å²) in [6.45, 7) is 6.65. The Kier molecular flexibility index (Phi) is 4.93. The lowest BCUT2D eigenvalue weighted by molar-refractivity contribution is 0.0953. The van der Waals surface area contributed by atoms with Gasteiger partial charge in [-0.25, -0.2) is 0 Å². The lowest BCUT2D eigenvalue weighted by Crippen LogP contribution is -2.29. The molecule has 1 aliphatic heterocycles. The topological polar surface area (TPSA) is 96.2 Å². The molecular weight excluding hydrogens is 308 g/mol. The first kappa shape index (κ1) is 16.2. The number of aromatic nitrogens is 3. The summed E-state index contributed by atoms with van der Waals surface area (Å²) in [5.74, 6) is 1.07. The molecule has 0 bridgehead atoms. The van der Waals surface area contributed by atoms with Gasteiger partial charge in [-0.15, -0.1) is 5.10 Å². The molecule has 1 fully saturated rings. The molecule has 24 heavy (non-hydrogen) atoms. The van der Waals surface area contributed by atoms with Crippen molar-refractivity contribution in [3.63, 3.8) is 0 Å². The highest BCUT2D eigenvalue weighted by Crippen LogP contribution is 2.20. The third kappa shape index (κ3) is 3.64. The molecule has 8 heteroatoms. The van der Waals surface area contributed by atoms with Crippen LogP contribution in [0.1, 0.15) is 34.7 Å². The molecule has 0 unspecified atom stereocenters. The van der Waals surface area contributed by atoms with Crippen LogP contribution in [0, 0.1) is 13.8 Å². The van der Waals surface area contributed by atoms with Gasteiger partial charge in [0.05, 0.1) is 17.6 Å². The zero-order valence-electron chi connectivity index (χ0n) is 14.0. The summed E-state index contributed by atoms with van der Waals surface area (Å²) in [6, 6.07) is 1.99. The minimum Gasteiger partial charge on any atom is -0.370 e. The van der Waals surface area contributed by atoms with E-state index >= 15 is 0 Å². The molecule has 0 aliphatic carbocycles. The third-order valence-electron chi connectivity index (χ3n) is 4.09. The Morgan fingerprint density at radius 2 is 2.08 bits per heavy atom. The van der Waals surface area contributed by atoms with Crippen LogP contribution in [0.4, 0.5) is 11.5 Å². The van der Waals surface area contributed by atoms with Gasteiger partial charge in [-0.05, 0) is 26.7 Å². The van der Waals surface area contributed by atoms with Gasteiger partial charge in [-0.1, -0.05) is 5.16 Å². The highest BCUT2D eigenvalue weighted by molar-refractivity contribution is 5.96. The van der Waals surface area contributed by atoms with E-state index in [4.69, 9.17) is 4.52 Å². The van der Waals surface area contributed by atoms with E-state index in [1.54, 1.807) is 20.0 Å². The number of anilines is 2. The largest absolute Gasteiger partial charge is 0.370 e. The maximum absolute atomic E-state index is 12.1. The number of carbonyl (C=O) groups is 1. The number of nitrogens with zero attached hydrogens (tertiary/aromatic N) is 4. The highest BCUT2D eigenvalue weighted by Gasteiger charge is 2.17. The Bertz CT molecular complexity index is 689. The van der Waals surface area contributed by atoms with E-state index in [0.29, 0.717) is 35.9 Å². The Morgan fingerprint density at radius 1 is 1.29 bits per heavy atom. The summed E-state index contributed by atoms with van der Waals surface area (Å²) >= 11 is 0. The molecule has 2 aromatic rings. The molecule has 1 amide bonds. The van der Waals surface area contributed by atoms with Crippen molar-refractivity contribution in [2.75, 3.05) is 36.4 Å². The number of hydrogen-bond acceptors (Lipinski definition) is 7. The predicted molar refractivity (Wildman–Crippen MR) is 90.3 cm³/mol. The van der Waals surface area contributed by atoms with Crippen molar-refractivity contribution in [1.82, 2.24) is 20.7 Å². The molecule has 2 N–H and O–H groups in total. The van der Waals surface area contributed by atoms with Gasteiger partial charge in [-0.2, -0.15) is 5.10 Å². The number of amides is 1. The lowest BCUT2D eigenvalue weighted by Gasteiger charge is -2.17. The van der Waals surface area contributed by atoms with Crippen LogP contribution in [0.3, 0.4) is 0 Å². The fourth-order valence-electron chi connectivity index (χ4n) is 2.85. The van der Waals surface area contributed by atoms with Crippen molar-refractivity contribution in [3.05, 3.63) is 29.3 Å². The van der Waals surface area contributed by atoms with Crippen molar-refractivity contribution in [1.29, 1.82) is 0 Å². The Morgan fingerprint density at radius 3 is 2.79 bits per heavy atom. The van der Waals surface area contributed by atoms with Crippen LogP contribution in [-0.4, -0.2) is 47.4 Å². The molecule has 0 saturated carbocycles. The average molecular weight is 330 g/mol. The lowest BCUT2D eigenvalue weighted by atomic mass is 10.2. The number of aryl methyl sites for hydroxylation is 2. The summed E-state index contributed by atoms with van der Waals surface area (Å²) in [7, 11) is 0. The molecule has 0 radical (unpaired) electrons. The second-order valence-electron chi connectivity index (χ2n) is 5.88. The smallest absolute Gasteiger partial charge is 0.256 e. The van der Waals surface area contributed by atoms with E-state index in [1.807, 2.05) is 6.07 Å². The molecule has 3 heterocycles. The summed E-state index contributed by atoms with van der Waals surface area (Å²) in [5, 5.41) is 17.9. The maximum Gasteiger partial charge on any atom is 0.256 e. The standard InChI is InChI=1S/C16H22N6O2/c1-11-15(12(2)24-21-11)16(23)18-6-5-17-14-9-13(10-19-20-14)22-7-3-4-8-22/h9-10H,3-8H2,1-2H3,(H,17,20)(H,18,23). The van der Waals surface area contributed by atoms with E-state index in [2.05, 4.69) is 30.9 Å². The van der Waals surface area contributed by atoms with Crippen molar-refractivity contribution in [2.45, 2.75) is 26.7 Å². The van der Waals surface area contributed by atoms with Crippen LogP contribution in [0.15, 0.2) is 16.8 Å². The monoisotopic (exact) mass is 330 g/mol. The van der Waals surface area contributed by atoms with Crippen LogP contribution in [0.2, 0.25) is 0 Å². The number of carbonyl (C=O) groups excluding carboxylic acids is 1. The fraction of sp³-hybridized carbons (Fsp3) is 0.500. The quantitative estimate of drug-likeness (QED) is 0.775. The van der Waals surface area contributed by atoms with Gasteiger partial charge < -0.3 is 20.1 Å². The molecule has 2 aromatic heterocycles. The van der Waals surface area contributed by atoms with E-state index in [0.717, 1.165) is 18.8 Å². The van der Waals surface area contributed by atoms with Gasteiger partial charge >= 0.3 is 0 Å². The molecule has 0 aromatic carbocycles. The van der Waals surface area contributed by atoms with E-state index < -0.39 is 0 Å². The second kappa shape index (κ2) is 7.29. The predicted octanol–water partition coefficient (Wildman–Crippen LogP) is 1.52. The zero-order valence-corrected chi connectivity index (χ0v) is 14.0. The summed E-state index contributed by atoms with van der Waals surface area (Å²) in [6.07, 6.45) is 4.23. The first-order chi connectivity index (χ1) is 11.6. The van der Waals surface area contributed by atoms with Gasteiger partial charge in [0.15, 0.2) is 5.82 Å². The van der Waals surface area contributed by atoms with Crippen LogP contribution in [-0.2, 0) is 0 Å². The Balaban J connectivity index is 1.48. The number of rotatable bonds is 6. The molecule has 128 valence electrons. The SMILES string of the molecule is Cc1noc(C)c1C(=O)NCCNc1cc(N2CCCC2)cnn1. The van der Waals surface area contributed by atoms with Crippen molar-refractivity contribution >= 4 is 17.4 Å². The van der Waals surface area contributed by atoms with Gasteiger partial charge in [0.25, 0.3) is 5.91 Å². The van der Waals surface area contributed by atoms with Gasteiger partial charge in [0, 0.05) is 32.2 Å². The normalized spacial score (nSPS) is 14.0. The van der Waals surface area contributed by atoms with E-state index in [9.17, 15) is 4.79 Å². The molecule has 8 nitrogen and oxygen atoms in total. The van der Waals surface area contributed by atoms with Crippen LogP contribution in [0.5, 0.6) is 0 Å². The van der Waals surface area contributed by atoms with E-state index in [1.165, 1.54) is 12.8 Å². The van der Waals surface area contributed by atoms with Crippen LogP contribution < -0.4 is 15.5 Å². The Labute approximate surface area is 140 Å². The van der Waals surface area contributed by atoms with Gasteiger partial charge in [0.1, 0.15) is 11.3 Å². The number of hydrogen-bond donors (Lipinski definition) is 2. The summed E-state index contributed by atoms with van der Waals surface area (Å²) in [4.78, 5) is 14.4. The number of nitrogens with one attached hydrogen (secondary N) is 2. The maximum atomic E-state index is 12.1. The molecule has 3 rings (SSSR count). The summed E-state index contributed by atoms with van der Waals surface area (Å²) < 4.78 is 5.00. The molecule has 0 spiro atoms.